The molecule has 13 heavy (non-hydrogen) atoms. The molecule has 0 aromatic heterocycles. The molecule has 0 amide bonds. The molecule has 1 aromatic carbocycles. The first-order chi connectivity index (χ1) is 6.00. The quantitative estimate of drug-likeness (QED) is 0.530. The molecule has 0 unspecified atom stereocenters. The number of carbonyl (C=O) groups excluding carboxylic acids is 1. The van der Waals surface area contributed by atoms with Crippen molar-refractivity contribution in [2.24, 2.45) is 0 Å². The number of rotatable bonds is 1. The molecule has 0 saturated carbocycles. The van der Waals surface area contributed by atoms with E-state index in [9.17, 15) is 9.90 Å². The first kappa shape index (κ1) is 9.58. The SMILES string of the molecule is CC(=O)Oc1cc(C)c(C)cc1O. The summed E-state index contributed by atoms with van der Waals surface area (Å²) in [5.74, 6) is -0.215. The predicted octanol–water partition coefficient (Wildman–Crippen LogP) is 1.93. The van der Waals surface area contributed by atoms with Crippen LogP contribution in [0.1, 0.15) is 18.1 Å². The van der Waals surface area contributed by atoms with Gasteiger partial charge in [-0.1, -0.05) is 0 Å². The number of hydrogen-bond acceptors (Lipinski definition) is 3. The molecule has 1 N–H and O–H groups in total. The molecule has 0 atom stereocenters. The molecule has 0 aliphatic heterocycles. The molecule has 0 radical (unpaired) electrons. The zero-order valence-corrected chi connectivity index (χ0v) is 7.92. The molecule has 1 aromatic rings. The molecule has 3 nitrogen and oxygen atoms in total. The van der Waals surface area contributed by atoms with Crippen molar-refractivity contribution in [3.05, 3.63) is 23.3 Å². The van der Waals surface area contributed by atoms with Gasteiger partial charge in [0.05, 0.1) is 0 Å². The molecule has 0 heterocycles. The van der Waals surface area contributed by atoms with E-state index in [2.05, 4.69) is 0 Å². The second-order valence-corrected chi connectivity index (χ2v) is 3.00. The average molecular weight is 180 g/mol. The number of aromatic hydroxyl groups is 1. The van der Waals surface area contributed by atoms with Crippen LogP contribution in [-0.4, -0.2) is 11.1 Å². The van der Waals surface area contributed by atoms with Crippen LogP contribution in [0, 0.1) is 13.8 Å². The molecule has 70 valence electrons. The zero-order chi connectivity index (χ0) is 10.0. The van der Waals surface area contributed by atoms with Crippen molar-refractivity contribution in [3.8, 4) is 11.5 Å². The lowest BCUT2D eigenvalue weighted by molar-refractivity contribution is -0.132. The minimum absolute atomic E-state index is 0.00157. The monoisotopic (exact) mass is 180 g/mol. The summed E-state index contributed by atoms with van der Waals surface area (Å²) < 4.78 is 4.79. The highest BCUT2D eigenvalue weighted by atomic mass is 16.5. The highest BCUT2D eigenvalue weighted by Gasteiger charge is 2.06. The van der Waals surface area contributed by atoms with Gasteiger partial charge in [0.1, 0.15) is 0 Å². The minimum atomic E-state index is -0.432. The summed E-state index contributed by atoms with van der Waals surface area (Å²) in [5.41, 5.74) is 1.95. The third-order valence-electron chi connectivity index (χ3n) is 1.83. The van der Waals surface area contributed by atoms with Crippen LogP contribution in [0.15, 0.2) is 12.1 Å². The Hall–Kier alpha value is -1.51. The van der Waals surface area contributed by atoms with E-state index in [1.54, 1.807) is 12.1 Å². The summed E-state index contributed by atoms with van der Waals surface area (Å²) in [7, 11) is 0. The van der Waals surface area contributed by atoms with Gasteiger partial charge in [0.2, 0.25) is 0 Å². The Bertz CT molecular complexity index is 342. The maximum atomic E-state index is 10.6. The zero-order valence-electron chi connectivity index (χ0n) is 7.92. The second kappa shape index (κ2) is 3.47. The van der Waals surface area contributed by atoms with Gasteiger partial charge in [0, 0.05) is 6.92 Å². The van der Waals surface area contributed by atoms with Gasteiger partial charge in [0.15, 0.2) is 11.5 Å². The predicted molar refractivity (Wildman–Crippen MR) is 48.9 cm³/mol. The third kappa shape index (κ3) is 2.21. The highest BCUT2D eigenvalue weighted by Crippen LogP contribution is 2.28. The molecule has 0 fully saturated rings. The largest absolute Gasteiger partial charge is 0.504 e. The molecule has 0 saturated heterocycles. The molecule has 0 bridgehead atoms. The molecule has 0 aliphatic rings. The second-order valence-electron chi connectivity index (χ2n) is 3.00. The first-order valence-corrected chi connectivity index (χ1v) is 3.99. The summed E-state index contributed by atoms with van der Waals surface area (Å²) in [6.45, 7) is 5.07. The standard InChI is InChI=1S/C10H12O3/c1-6-4-9(12)10(5-7(6)2)13-8(3)11/h4-5,12H,1-3H3. The molecular weight excluding hydrogens is 168 g/mol. The highest BCUT2D eigenvalue weighted by molar-refractivity contribution is 5.70. The molecular formula is C10H12O3. The molecule has 3 heteroatoms. The summed E-state index contributed by atoms with van der Waals surface area (Å²) in [6, 6.07) is 3.22. The van der Waals surface area contributed by atoms with E-state index in [4.69, 9.17) is 4.74 Å². The Labute approximate surface area is 77.0 Å². The normalized spacial score (nSPS) is 9.77. The van der Waals surface area contributed by atoms with Gasteiger partial charge in [-0.25, -0.2) is 0 Å². The fourth-order valence-electron chi connectivity index (χ4n) is 1.01. The van der Waals surface area contributed by atoms with Crippen LogP contribution in [0.2, 0.25) is 0 Å². The van der Waals surface area contributed by atoms with Crippen LogP contribution in [-0.2, 0) is 4.79 Å². The van der Waals surface area contributed by atoms with E-state index < -0.39 is 5.97 Å². The fraction of sp³-hybridized carbons (Fsp3) is 0.300. The van der Waals surface area contributed by atoms with Gasteiger partial charge < -0.3 is 9.84 Å². The number of ether oxygens (including phenoxy) is 1. The fourth-order valence-corrected chi connectivity index (χ4v) is 1.01. The first-order valence-electron chi connectivity index (χ1n) is 3.99. The molecule has 0 aliphatic carbocycles. The van der Waals surface area contributed by atoms with Gasteiger partial charge >= 0.3 is 5.97 Å². The van der Waals surface area contributed by atoms with Crippen molar-refractivity contribution >= 4 is 5.97 Å². The lowest BCUT2D eigenvalue weighted by Gasteiger charge is -2.07. The van der Waals surface area contributed by atoms with E-state index in [1.165, 1.54) is 6.92 Å². The Morgan fingerprint density at radius 1 is 1.31 bits per heavy atom. The van der Waals surface area contributed by atoms with Crippen molar-refractivity contribution < 1.29 is 14.6 Å². The van der Waals surface area contributed by atoms with E-state index in [-0.39, 0.29) is 11.5 Å². The molecule has 0 spiro atoms. The van der Waals surface area contributed by atoms with Gasteiger partial charge in [-0.15, -0.1) is 0 Å². The summed E-state index contributed by atoms with van der Waals surface area (Å²) in [4.78, 5) is 10.6. The van der Waals surface area contributed by atoms with Crippen LogP contribution in [0.25, 0.3) is 0 Å². The lowest BCUT2D eigenvalue weighted by Crippen LogP contribution is -2.02. The van der Waals surface area contributed by atoms with Crippen LogP contribution in [0.3, 0.4) is 0 Å². The summed E-state index contributed by atoms with van der Waals surface area (Å²) in [6.07, 6.45) is 0. The number of aryl methyl sites for hydroxylation is 2. The number of phenolic OH excluding ortho intramolecular Hbond substituents is 1. The Kier molecular flexibility index (Phi) is 2.56. The smallest absolute Gasteiger partial charge is 0.308 e. The van der Waals surface area contributed by atoms with Gasteiger partial charge in [-0.2, -0.15) is 0 Å². The van der Waals surface area contributed by atoms with Crippen molar-refractivity contribution in [2.45, 2.75) is 20.8 Å². The van der Waals surface area contributed by atoms with Gasteiger partial charge in [0.25, 0.3) is 0 Å². The Morgan fingerprint density at radius 2 is 1.85 bits per heavy atom. The molecule has 1 rings (SSSR count). The van der Waals surface area contributed by atoms with Crippen molar-refractivity contribution in [2.75, 3.05) is 0 Å². The summed E-state index contributed by atoms with van der Waals surface area (Å²) in [5, 5.41) is 9.39. The maximum Gasteiger partial charge on any atom is 0.308 e. The van der Waals surface area contributed by atoms with Gasteiger partial charge in [-0.05, 0) is 37.1 Å². The minimum Gasteiger partial charge on any atom is -0.504 e. The van der Waals surface area contributed by atoms with E-state index in [0.29, 0.717) is 0 Å². The number of hydrogen-bond donors (Lipinski definition) is 1. The van der Waals surface area contributed by atoms with E-state index >= 15 is 0 Å². The third-order valence-corrected chi connectivity index (χ3v) is 1.83. The Morgan fingerprint density at radius 3 is 2.38 bits per heavy atom. The Balaban J connectivity index is 3.08. The van der Waals surface area contributed by atoms with E-state index in [0.717, 1.165) is 11.1 Å². The van der Waals surface area contributed by atoms with E-state index in [1.807, 2.05) is 13.8 Å². The van der Waals surface area contributed by atoms with Crippen LogP contribution in [0.4, 0.5) is 0 Å². The summed E-state index contributed by atoms with van der Waals surface area (Å²) >= 11 is 0. The van der Waals surface area contributed by atoms with Crippen LogP contribution < -0.4 is 4.74 Å². The van der Waals surface area contributed by atoms with Crippen molar-refractivity contribution in [3.63, 3.8) is 0 Å². The number of esters is 1. The van der Waals surface area contributed by atoms with Gasteiger partial charge in [-0.3, -0.25) is 4.79 Å². The van der Waals surface area contributed by atoms with Crippen molar-refractivity contribution in [1.29, 1.82) is 0 Å². The number of carbonyl (C=O) groups is 1. The average Bonchev–Trinajstić information content (AvgIpc) is 1.99. The van der Waals surface area contributed by atoms with Crippen molar-refractivity contribution in [1.82, 2.24) is 0 Å². The maximum absolute atomic E-state index is 10.6. The van der Waals surface area contributed by atoms with Crippen LogP contribution in [0.5, 0.6) is 11.5 Å². The number of benzene rings is 1. The number of phenols is 1. The topological polar surface area (TPSA) is 46.5 Å². The van der Waals surface area contributed by atoms with Crippen LogP contribution >= 0.6 is 0 Å². The lowest BCUT2D eigenvalue weighted by atomic mass is 10.1.